The molecule has 25 heavy (non-hydrogen) atoms. The van der Waals surface area contributed by atoms with Crippen LogP contribution in [0.4, 0.5) is 10.5 Å². The quantitative estimate of drug-likeness (QED) is 0.906. The number of rotatable bonds is 2. The van der Waals surface area contributed by atoms with Gasteiger partial charge in [-0.15, -0.1) is 0 Å². The maximum absolute atomic E-state index is 12.2. The molecule has 0 spiro atoms. The molecule has 1 aliphatic heterocycles. The second-order valence-electron chi connectivity index (χ2n) is 7.24. The van der Waals surface area contributed by atoms with Gasteiger partial charge in [0.05, 0.1) is 5.52 Å². The van der Waals surface area contributed by atoms with Crippen LogP contribution in [-0.2, 0) is 4.74 Å². The molecule has 130 valence electrons. The third kappa shape index (κ3) is 4.00. The van der Waals surface area contributed by atoms with Gasteiger partial charge in [0.1, 0.15) is 17.4 Å². The van der Waals surface area contributed by atoms with E-state index in [1.54, 1.807) is 11.0 Å². The number of hydrogen-bond donors (Lipinski definition) is 1. The number of nitrogens with zero attached hydrogens (tertiary/aromatic N) is 3. The van der Waals surface area contributed by atoms with Gasteiger partial charge in [0.2, 0.25) is 0 Å². The van der Waals surface area contributed by atoms with Gasteiger partial charge in [-0.05, 0) is 51.5 Å². The lowest BCUT2D eigenvalue weighted by molar-refractivity contribution is 0.0293. The number of hydrogen-bond acceptors (Lipinski definition) is 5. The summed E-state index contributed by atoms with van der Waals surface area (Å²) in [5.41, 5.74) is 1.67. The van der Waals surface area contributed by atoms with Gasteiger partial charge in [0.15, 0.2) is 0 Å². The van der Waals surface area contributed by atoms with E-state index in [2.05, 4.69) is 16.4 Å². The number of likely N-dealkylation sites (tertiary alicyclic amines) is 1. The lowest BCUT2D eigenvalue weighted by Crippen LogP contribution is -2.36. The zero-order chi connectivity index (χ0) is 18.0. The molecule has 1 fully saturated rings. The van der Waals surface area contributed by atoms with Gasteiger partial charge in [0, 0.05) is 30.2 Å². The number of amides is 1. The van der Waals surface area contributed by atoms with Gasteiger partial charge in [-0.25, -0.2) is 9.78 Å². The number of ether oxygens (including phenoxy) is 1. The molecule has 0 unspecified atom stereocenters. The Balaban J connectivity index is 1.71. The highest BCUT2D eigenvalue weighted by Crippen LogP contribution is 2.25. The predicted molar refractivity (Wildman–Crippen MR) is 96.3 cm³/mol. The summed E-state index contributed by atoms with van der Waals surface area (Å²) in [4.78, 5) is 18.2. The molecule has 1 aliphatic rings. The average Bonchev–Trinajstić information content (AvgIpc) is 3.02. The zero-order valence-electron chi connectivity index (χ0n) is 14.7. The molecule has 2 aromatic rings. The fourth-order valence-electron chi connectivity index (χ4n) is 2.93. The van der Waals surface area contributed by atoms with Crippen LogP contribution in [0.5, 0.6) is 0 Å². The topological polar surface area (TPSA) is 78.2 Å². The summed E-state index contributed by atoms with van der Waals surface area (Å²) in [5, 5.41) is 13.4. The van der Waals surface area contributed by atoms with Crippen LogP contribution in [0.2, 0.25) is 0 Å². The van der Waals surface area contributed by atoms with Crippen LogP contribution in [0.25, 0.3) is 10.9 Å². The molecule has 1 N–H and O–H groups in total. The van der Waals surface area contributed by atoms with Crippen LogP contribution in [-0.4, -0.2) is 40.7 Å². The molecule has 6 nitrogen and oxygen atoms in total. The highest BCUT2D eigenvalue weighted by Gasteiger charge is 2.29. The number of aromatic nitrogens is 1. The van der Waals surface area contributed by atoms with Crippen LogP contribution < -0.4 is 5.32 Å². The first-order valence-electron chi connectivity index (χ1n) is 8.40. The van der Waals surface area contributed by atoms with Crippen molar-refractivity contribution in [2.75, 3.05) is 18.4 Å². The normalized spacial score (nSPS) is 17.4. The third-order valence-corrected chi connectivity index (χ3v) is 4.05. The van der Waals surface area contributed by atoms with Crippen molar-refractivity contribution in [1.82, 2.24) is 9.88 Å². The highest BCUT2D eigenvalue weighted by atomic mass is 16.6. The lowest BCUT2D eigenvalue weighted by atomic mass is 10.1. The van der Waals surface area contributed by atoms with Gasteiger partial charge in [-0.3, -0.25) is 0 Å². The second kappa shape index (κ2) is 6.60. The minimum Gasteiger partial charge on any atom is -0.444 e. The number of pyridine rings is 1. The first kappa shape index (κ1) is 17.0. The molecule has 0 saturated carbocycles. The van der Waals surface area contributed by atoms with Crippen molar-refractivity contribution in [1.29, 1.82) is 5.26 Å². The number of nitriles is 1. The molecule has 2 heterocycles. The number of carbonyl (C=O) groups is 1. The number of benzene rings is 1. The summed E-state index contributed by atoms with van der Waals surface area (Å²) >= 11 is 0. The molecular weight excluding hydrogens is 316 g/mol. The van der Waals surface area contributed by atoms with E-state index in [4.69, 9.17) is 10.00 Å². The molecule has 1 atom stereocenters. The van der Waals surface area contributed by atoms with Crippen molar-refractivity contribution >= 4 is 22.7 Å². The van der Waals surface area contributed by atoms with E-state index in [-0.39, 0.29) is 12.1 Å². The Bertz CT molecular complexity index is 835. The summed E-state index contributed by atoms with van der Waals surface area (Å²) in [6.07, 6.45) is 0.592. The minimum absolute atomic E-state index is 0.161. The summed E-state index contributed by atoms with van der Waals surface area (Å²) in [6.45, 7) is 6.89. The molecule has 1 saturated heterocycles. The lowest BCUT2D eigenvalue weighted by Gasteiger charge is -2.24. The van der Waals surface area contributed by atoms with Gasteiger partial charge >= 0.3 is 6.09 Å². The summed E-state index contributed by atoms with van der Waals surface area (Å²) in [7, 11) is 0. The number of fused-ring (bicyclic) bond motifs is 1. The largest absolute Gasteiger partial charge is 0.444 e. The molecule has 1 aromatic carbocycles. The Labute approximate surface area is 147 Å². The summed E-state index contributed by atoms with van der Waals surface area (Å²) < 4.78 is 5.43. The van der Waals surface area contributed by atoms with Gasteiger partial charge < -0.3 is 15.0 Å². The highest BCUT2D eigenvalue weighted by molar-refractivity contribution is 5.91. The number of carbonyl (C=O) groups excluding carboxylic acids is 1. The fraction of sp³-hybridized carbons (Fsp3) is 0.421. The molecule has 0 aliphatic carbocycles. The van der Waals surface area contributed by atoms with Gasteiger partial charge in [-0.2, -0.15) is 5.26 Å². The molecular formula is C19H22N4O2. The first-order chi connectivity index (χ1) is 11.9. The average molecular weight is 338 g/mol. The van der Waals surface area contributed by atoms with Crippen molar-refractivity contribution in [3.63, 3.8) is 0 Å². The van der Waals surface area contributed by atoms with Crippen molar-refractivity contribution < 1.29 is 9.53 Å². The van der Waals surface area contributed by atoms with Crippen LogP contribution in [0, 0.1) is 11.3 Å². The predicted octanol–water partition coefficient (Wildman–Crippen LogP) is 3.53. The zero-order valence-corrected chi connectivity index (χ0v) is 14.7. The van der Waals surface area contributed by atoms with E-state index in [0.29, 0.717) is 18.8 Å². The Hall–Kier alpha value is -2.81. The monoisotopic (exact) mass is 338 g/mol. The van der Waals surface area contributed by atoms with E-state index in [9.17, 15) is 4.79 Å². The fourth-order valence-corrected chi connectivity index (χ4v) is 2.93. The van der Waals surface area contributed by atoms with E-state index < -0.39 is 5.60 Å². The van der Waals surface area contributed by atoms with E-state index in [0.717, 1.165) is 23.0 Å². The first-order valence-corrected chi connectivity index (χ1v) is 8.40. The standard InChI is InChI=1S/C19H22N4O2/c1-19(2,3)25-18(24)23-10-9-14(12-23)22-17-6-4-5-16-15(17)8-7-13(11-20)21-16/h4-8,14,22H,9-10,12H2,1-3H3/t14-/m0/s1. The van der Waals surface area contributed by atoms with Crippen molar-refractivity contribution in [2.45, 2.75) is 38.8 Å². The maximum atomic E-state index is 12.2. The molecule has 6 heteroatoms. The van der Waals surface area contributed by atoms with Crippen LogP contribution in [0.1, 0.15) is 32.9 Å². The van der Waals surface area contributed by atoms with Gasteiger partial charge in [-0.1, -0.05) is 6.07 Å². The van der Waals surface area contributed by atoms with E-state index in [1.807, 2.05) is 45.0 Å². The molecule has 3 rings (SSSR count). The summed E-state index contributed by atoms with van der Waals surface area (Å²) in [5.74, 6) is 0. The number of anilines is 1. The van der Waals surface area contributed by atoms with Crippen LogP contribution in [0.3, 0.4) is 0 Å². The Morgan fingerprint density at radius 1 is 1.36 bits per heavy atom. The second-order valence-corrected chi connectivity index (χ2v) is 7.24. The Morgan fingerprint density at radius 2 is 2.16 bits per heavy atom. The number of nitrogens with one attached hydrogen (secondary N) is 1. The molecule has 1 aromatic heterocycles. The smallest absolute Gasteiger partial charge is 0.410 e. The third-order valence-electron chi connectivity index (χ3n) is 4.05. The Kier molecular flexibility index (Phi) is 4.49. The van der Waals surface area contributed by atoms with Crippen LogP contribution >= 0.6 is 0 Å². The molecule has 0 radical (unpaired) electrons. The summed E-state index contributed by atoms with van der Waals surface area (Å²) in [6, 6.07) is 11.6. The van der Waals surface area contributed by atoms with Crippen LogP contribution in [0.15, 0.2) is 30.3 Å². The Morgan fingerprint density at radius 3 is 2.88 bits per heavy atom. The van der Waals surface area contributed by atoms with Crippen molar-refractivity contribution in [3.05, 3.63) is 36.0 Å². The maximum Gasteiger partial charge on any atom is 0.410 e. The molecule has 0 bridgehead atoms. The van der Waals surface area contributed by atoms with Gasteiger partial charge in [0.25, 0.3) is 0 Å². The minimum atomic E-state index is -0.484. The SMILES string of the molecule is CC(C)(C)OC(=O)N1CC[C@H](Nc2cccc3nc(C#N)ccc23)C1. The van der Waals surface area contributed by atoms with Crippen molar-refractivity contribution in [2.24, 2.45) is 0 Å². The van der Waals surface area contributed by atoms with Crippen molar-refractivity contribution in [3.8, 4) is 6.07 Å². The molecule has 1 amide bonds. The van der Waals surface area contributed by atoms with E-state index in [1.165, 1.54) is 0 Å². The van der Waals surface area contributed by atoms with E-state index >= 15 is 0 Å².